The Kier molecular flexibility index (Phi) is 2.61. The van der Waals surface area contributed by atoms with Gasteiger partial charge in [0, 0.05) is 4.90 Å². The second-order valence-corrected chi connectivity index (χ2v) is 4.49. The molecule has 0 bridgehead atoms. The van der Waals surface area contributed by atoms with Crippen molar-refractivity contribution in [1.82, 2.24) is 0 Å². The summed E-state index contributed by atoms with van der Waals surface area (Å²) in [5.41, 5.74) is 7.10. The molecule has 70 valence electrons. The van der Waals surface area contributed by atoms with Crippen LogP contribution in [0.15, 0.2) is 29.2 Å². The highest BCUT2D eigenvalue weighted by Gasteiger charge is 2.36. The fourth-order valence-electron chi connectivity index (χ4n) is 1.79. The summed E-state index contributed by atoms with van der Waals surface area (Å²) in [5, 5.41) is 0. The minimum atomic E-state index is 0.747. The number of nitrogens with two attached hydrogens (primary N) is 1. The first kappa shape index (κ1) is 9.10. The number of thioether (sulfide) groups is 1. The molecule has 2 unspecified atom stereocenters. The third-order valence-electron chi connectivity index (χ3n) is 2.75. The van der Waals surface area contributed by atoms with Crippen LogP contribution >= 0.6 is 11.8 Å². The molecule has 0 heterocycles. The fourth-order valence-corrected chi connectivity index (χ4v) is 2.26. The minimum Gasteiger partial charge on any atom is -0.330 e. The maximum atomic E-state index is 5.63. The monoisotopic (exact) mass is 193 g/mol. The predicted octanol–water partition coefficient (Wildman–Crippen LogP) is 2.47. The van der Waals surface area contributed by atoms with Gasteiger partial charge in [-0.2, -0.15) is 0 Å². The average molecular weight is 193 g/mol. The first-order valence-corrected chi connectivity index (χ1v) is 5.91. The zero-order valence-electron chi connectivity index (χ0n) is 7.86. The van der Waals surface area contributed by atoms with Gasteiger partial charge < -0.3 is 5.73 Å². The molecule has 2 rings (SSSR count). The molecule has 0 radical (unpaired) electrons. The van der Waals surface area contributed by atoms with Gasteiger partial charge in [-0.1, -0.05) is 12.1 Å². The molecule has 2 atom stereocenters. The lowest BCUT2D eigenvalue weighted by Crippen LogP contribution is -2.01. The van der Waals surface area contributed by atoms with E-state index in [9.17, 15) is 0 Å². The lowest BCUT2D eigenvalue weighted by atomic mass is 10.1. The molecule has 1 aliphatic carbocycles. The predicted molar refractivity (Wildman–Crippen MR) is 58.1 cm³/mol. The summed E-state index contributed by atoms with van der Waals surface area (Å²) in [4.78, 5) is 1.36. The van der Waals surface area contributed by atoms with E-state index in [0.717, 1.165) is 18.4 Å². The summed E-state index contributed by atoms with van der Waals surface area (Å²) in [5.74, 6) is 1.49. The van der Waals surface area contributed by atoms with Crippen LogP contribution in [-0.4, -0.2) is 12.8 Å². The lowest BCUT2D eigenvalue weighted by Gasteiger charge is -2.01. The summed E-state index contributed by atoms with van der Waals surface area (Å²) in [7, 11) is 0. The van der Waals surface area contributed by atoms with Gasteiger partial charge in [0.1, 0.15) is 0 Å². The molecule has 1 aliphatic rings. The van der Waals surface area contributed by atoms with E-state index in [0.29, 0.717) is 0 Å². The molecular weight excluding hydrogens is 178 g/mol. The molecule has 1 nitrogen and oxygen atoms in total. The SMILES string of the molecule is CSc1cccc(C2CC2CN)c1. The minimum absolute atomic E-state index is 0.747. The first-order chi connectivity index (χ1) is 6.35. The van der Waals surface area contributed by atoms with E-state index in [1.165, 1.54) is 16.9 Å². The van der Waals surface area contributed by atoms with Crippen LogP contribution in [0.25, 0.3) is 0 Å². The summed E-state index contributed by atoms with van der Waals surface area (Å²) in [6.45, 7) is 0.841. The van der Waals surface area contributed by atoms with Gasteiger partial charge in [-0.3, -0.25) is 0 Å². The molecule has 1 fully saturated rings. The van der Waals surface area contributed by atoms with Crippen LogP contribution in [0.5, 0.6) is 0 Å². The Morgan fingerprint density at radius 1 is 1.54 bits per heavy atom. The quantitative estimate of drug-likeness (QED) is 0.746. The van der Waals surface area contributed by atoms with Gasteiger partial charge in [0.15, 0.2) is 0 Å². The molecule has 0 spiro atoms. The van der Waals surface area contributed by atoms with Gasteiger partial charge in [0.05, 0.1) is 0 Å². The largest absolute Gasteiger partial charge is 0.330 e. The van der Waals surface area contributed by atoms with Crippen LogP contribution in [0, 0.1) is 5.92 Å². The van der Waals surface area contributed by atoms with Gasteiger partial charge in [-0.15, -0.1) is 11.8 Å². The zero-order valence-corrected chi connectivity index (χ0v) is 8.68. The van der Waals surface area contributed by atoms with E-state index >= 15 is 0 Å². The molecule has 0 amide bonds. The second-order valence-electron chi connectivity index (χ2n) is 3.61. The Morgan fingerprint density at radius 3 is 3.00 bits per heavy atom. The third kappa shape index (κ3) is 1.89. The number of benzene rings is 1. The van der Waals surface area contributed by atoms with Gasteiger partial charge in [-0.05, 0) is 48.8 Å². The highest BCUT2D eigenvalue weighted by Crippen LogP contribution is 2.47. The molecule has 0 aliphatic heterocycles. The Morgan fingerprint density at radius 2 is 2.38 bits per heavy atom. The zero-order chi connectivity index (χ0) is 9.26. The van der Waals surface area contributed by atoms with Crippen LogP contribution < -0.4 is 5.73 Å². The number of hydrogen-bond donors (Lipinski definition) is 1. The van der Waals surface area contributed by atoms with E-state index in [1.54, 1.807) is 11.8 Å². The lowest BCUT2D eigenvalue weighted by molar-refractivity contribution is 0.809. The van der Waals surface area contributed by atoms with Gasteiger partial charge in [0.2, 0.25) is 0 Å². The Bertz CT molecular complexity index is 298. The summed E-state index contributed by atoms with van der Waals surface area (Å²) < 4.78 is 0. The Balaban J connectivity index is 2.13. The summed E-state index contributed by atoms with van der Waals surface area (Å²) in [6.07, 6.45) is 3.40. The molecule has 1 saturated carbocycles. The average Bonchev–Trinajstić information content (AvgIpc) is 2.97. The number of hydrogen-bond acceptors (Lipinski definition) is 2. The second kappa shape index (κ2) is 3.72. The highest BCUT2D eigenvalue weighted by atomic mass is 32.2. The van der Waals surface area contributed by atoms with Crippen LogP contribution in [0.2, 0.25) is 0 Å². The van der Waals surface area contributed by atoms with Crippen LogP contribution in [-0.2, 0) is 0 Å². The molecule has 1 aromatic rings. The number of rotatable bonds is 3. The molecule has 0 saturated heterocycles. The van der Waals surface area contributed by atoms with Crippen molar-refractivity contribution >= 4 is 11.8 Å². The standard InChI is InChI=1S/C11H15NS/c1-13-10-4-2-3-8(5-10)11-6-9(11)7-12/h2-5,9,11H,6-7,12H2,1H3. The third-order valence-corrected chi connectivity index (χ3v) is 3.47. The van der Waals surface area contributed by atoms with E-state index in [1.807, 2.05) is 0 Å². The van der Waals surface area contributed by atoms with E-state index in [4.69, 9.17) is 5.73 Å². The van der Waals surface area contributed by atoms with Crippen molar-refractivity contribution in [3.8, 4) is 0 Å². The molecule has 13 heavy (non-hydrogen) atoms. The van der Waals surface area contributed by atoms with Crippen molar-refractivity contribution in [3.63, 3.8) is 0 Å². The van der Waals surface area contributed by atoms with Gasteiger partial charge in [0.25, 0.3) is 0 Å². The van der Waals surface area contributed by atoms with E-state index < -0.39 is 0 Å². The van der Waals surface area contributed by atoms with Crippen molar-refractivity contribution in [1.29, 1.82) is 0 Å². The maximum absolute atomic E-state index is 5.63. The van der Waals surface area contributed by atoms with E-state index in [2.05, 4.69) is 30.5 Å². The van der Waals surface area contributed by atoms with Crippen molar-refractivity contribution in [2.45, 2.75) is 17.2 Å². The van der Waals surface area contributed by atoms with Crippen molar-refractivity contribution in [3.05, 3.63) is 29.8 Å². The molecule has 0 aromatic heterocycles. The first-order valence-electron chi connectivity index (χ1n) is 4.69. The molecule has 1 aromatic carbocycles. The van der Waals surface area contributed by atoms with E-state index in [-0.39, 0.29) is 0 Å². The fraction of sp³-hybridized carbons (Fsp3) is 0.455. The molecule has 2 N–H and O–H groups in total. The van der Waals surface area contributed by atoms with Gasteiger partial charge in [-0.25, -0.2) is 0 Å². The van der Waals surface area contributed by atoms with Crippen molar-refractivity contribution in [2.75, 3.05) is 12.8 Å². The van der Waals surface area contributed by atoms with Crippen molar-refractivity contribution < 1.29 is 0 Å². The van der Waals surface area contributed by atoms with Crippen LogP contribution in [0.4, 0.5) is 0 Å². The summed E-state index contributed by atoms with van der Waals surface area (Å²) in [6, 6.07) is 8.83. The smallest absolute Gasteiger partial charge is 0.00719 e. The Hall–Kier alpha value is -0.470. The summed E-state index contributed by atoms with van der Waals surface area (Å²) >= 11 is 1.81. The van der Waals surface area contributed by atoms with Crippen molar-refractivity contribution in [2.24, 2.45) is 11.7 Å². The topological polar surface area (TPSA) is 26.0 Å². The highest BCUT2D eigenvalue weighted by molar-refractivity contribution is 7.98. The molecule has 2 heteroatoms. The molecular formula is C11H15NS. The maximum Gasteiger partial charge on any atom is 0.00719 e. The normalized spacial score (nSPS) is 26.0. The Labute approximate surface area is 83.7 Å². The van der Waals surface area contributed by atoms with Crippen LogP contribution in [0.3, 0.4) is 0 Å². The van der Waals surface area contributed by atoms with Gasteiger partial charge >= 0.3 is 0 Å². The van der Waals surface area contributed by atoms with Crippen LogP contribution in [0.1, 0.15) is 17.9 Å².